The van der Waals surface area contributed by atoms with Crippen molar-refractivity contribution in [3.8, 4) is 11.1 Å². The molecule has 32 heavy (non-hydrogen) atoms. The quantitative estimate of drug-likeness (QED) is 0.605. The molecular formula is C25H24ClN3O3. The van der Waals surface area contributed by atoms with Gasteiger partial charge in [0.25, 0.3) is 11.5 Å². The van der Waals surface area contributed by atoms with Gasteiger partial charge in [0.05, 0.1) is 21.9 Å². The lowest BCUT2D eigenvalue weighted by Crippen LogP contribution is -2.32. The number of nitrogens with one attached hydrogen (secondary N) is 2. The minimum absolute atomic E-state index is 0.0374. The second-order valence-electron chi connectivity index (χ2n) is 8.42. The molecule has 1 aromatic heterocycles. The fraction of sp³-hybridized carbons (Fsp3) is 0.280. The van der Waals surface area contributed by atoms with E-state index in [2.05, 4.69) is 15.2 Å². The molecule has 2 heterocycles. The highest BCUT2D eigenvalue weighted by Gasteiger charge is 2.46. The Hall–Kier alpha value is -3.09. The van der Waals surface area contributed by atoms with Crippen LogP contribution in [0, 0.1) is 0 Å². The summed E-state index contributed by atoms with van der Waals surface area (Å²) in [6.07, 6.45) is 4.67. The first kappa shape index (κ1) is 20.8. The number of benzene rings is 2. The number of hydrogen-bond acceptors (Lipinski definition) is 4. The predicted octanol–water partition coefficient (Wildman–Crippen LogP) is 4.71. The van der Waals surface area contributed by atoms with E-state index in [1.54, 1.807) is 30.3 Å². The van der Waals surface area contributed by atoms with Crippen LogP contribution in [-0.2, 0) is 4.74 Å². The molecule has 2 fully saturated rings. The number of pyridine rings is 1. The molecule has 0 unspecified atom stereocenters. The van der Waals surface area contributed by atoms with Crippen molar-refractivity contribution in [2.45, 2.75) is 24.9 Å². The maximum Gasteiger partial charge on any atom is 0.257 e. The Morgan fingerprint density at radius 1 is 1.12 bits per heavy atom. The largest absolute Gasteiger partial charge is 0.373 e. The van der Waals surface area contributed by atoms with Gasteiger partial charge in [0, 0.05) is 37.1 Å². The normalized spacial score (nSPS) is 17.1. The standard InChI is InChI=1S/C25H24ClN3O3/c26-21-4-1-2-5-22(21)28-23(30)18-14-20(24(31)27-15-18)17-6-8-19(9-7-17)29-12-3-13-32-25(16-29)10-11-25/h1-2,4-9,14-15H,3,10-13,16H2,(H,27,31)(H,28,30). The number of carbonyl (C=O) groups is 1. The van der Waals surface area contributed by atoms with E-state index in [-0.39, 0.29) is 17.1 Å². The van der Waals surface area contributed by atoms with Gasteiger partial charge in [-0.2, -0.15) is 0 Å². The van der Waals surface area contributed by atoms with Crippen LogP contribution in [0.2, 0.25) is 5.02 Å². The van der Waals surface area contributed by atoms with E-state index in [1.807, 2.05) is 24.3 Å². The minimum atomic E-state index is -0.341. The Balaban J connectivity index is 1.37. The van der Waals surface area contributed by atoms with Crippen molar-refractivity contribution in [3.63, 3.8) is 0 Å². The van der Waals surface area contributed by atoms with Crippen LogP contribution in [-0.4, -0.2) is 36.2 Å². The molecule has 7 heteroatoms. The van der Waals surface area contributed by atoms with Gasteiger partial charge in [-0.25, -0.2) is 0 Å². The zero-order chi connectivity index (χ0) is 22.1. The first-order valence-electron chi connectivity index (χ1n) is 10.8. The molecule has 1 aliphatic carbocycles. The number of para-hydroxylation sites is 1. The number of halogens is 1. The SMILES string of the molecule is O=C(Nc1ccccc1Cl)c1c[nH]c(=O)c(-c2ccc(N3CCCOC4(CC4)C3)cc2)c1. The first-order chi connectivity index (χ1) is 15.5. The highest BCUT2D eigenvalue weighted by Crippen LogP contribution is 2.42. The Morgan fingerprint density at radius 3 is 2.66 bits per heavy atom. The van der Waals surface area contributed by atoms with Gasteiger partial charge in [0.1, 0.15) is 0 Å². The molecule has 164 valence electrons. The fourth-order valence-electron chi connectivity index (χ4n) is 4.12. The number of carbonyl (C=O) groups excluding carboxylic acids is 1. The third-order valence-corrected chi connectivity index (χ3v) is 6.43. The average molecular weight is 450 g/mol. The summed E-state index contributed by atoms with van der Waals surface area (Å²) in [5.41, 5.74) is 2.99. The van der Waals surface area contributed by atoms with E-state index >= 15 is 0 Å². The number of anilines is 2. The van der Waals surface area contributed by atoms with Crippen LogP contribution in [0.4, 0.5) is 11.4 Å². The molecule has 1 saturated carbocycles. The number of nitrogens with zero attached hydrogens (tertiary/aromatic N) is 1. The number of rotatable bonds is 4. The zero-order valence-corrected chi connectivity index (χ0v) is 18.3. The van der Waals surface area contributed by atoms with E-state index in [0.717, 1.165) is 50.2 Å². The van der Waals surface area contributed by atoms with Crippen molar-refractivity contribution in [1.82, 2.24) is 4.98 Å². The fourth-order valence-corrected chi connectivity index (χ4v) is 4.30. The van der Waals surface area contributed by atoms with E-state index in [1.165, 1.54) is 6.20 Å². The molecule has 0 radical (unpaired) electrons. The topological polar surface area (TPSA) is 74.4 Å². The predicted molar refractivity (Wildman–Crippen MR) is 127 cm³/mol. The lowest BCUT2D eigenvalue weighted by molar-refractivity contribution is 0.0489. The molecule has 1 spiro atoms. The van der Waals surface area contributed by atoms with E-state index in [9.17, 15) is 9.59 Å². The third-order valence-electron chi connectivity index (χ3n) is 6.10. The van der Waals surface area contributed by atoms with E-state index in [4.69, 9.17) is 16.3 Å². The Kier molecular flexibility index (Phi) is 5.49. The van der Waals surface area contributed by atoms with Gasteiger partial charge >= 0.3 is 0 Å². The van der Waals surface area contributed by atoms with Crippen LogP contribution in [0.3, 0.4) is 0 Å². The summed E-state index contributed by atoms with van der Waals surface area (Å²) in [6.45, 7) is 2.68. The summed E-state index contributed by atoms with van der Waals surface area (Å²) < 4.78 is 6.01. The maximum atomic E-state index is 12.7. The monoisotopic (exact) mass is 449 g/mol. The second-order valence-corrected chi connectivity index (χ2v) is 8.83. The zero-order valence-electron chi connectivity index (χ0n) is 17.6. The summed E-state index contributed by atoms with van der Waals surface area (Å²) in [5, 5.41) is 3.24. The van der Waals surface area contributed by atoms with Crippen LogP contribution in [0.5, 0.6) is 0 Å². The highest BCUT2D eigenvalue weighted by atomic mass is 35.5. The van der Waals surface area contributed by atoms with Crippen molar-refractivity contribution in [3.05, 3.63) is 81.7 Å². The van der Waals surface area contributed by atoms with Crippen molar-refractivity contribution in [2.24, 2.45) is 0 Å². The van der Waals surface area contributed by atoms with E-state index in [0.29, 0.717) is 21.8 Å². The number of amides is 1. The number of ether oxygens (including phenoxy) is 1. The smallest absolute Gasteiger partial charge is 0.257 e. The van der Waals surface area contributed by atoms with Gasteiger partial charge in [0.15, 0.2) is 0 Å². The molecule has 1 aliphatic heterocycles. The molecule has 2 N–H and O–H groups in total. The number of hydrogen-bond donors (Lipinski definition) is 2. The summed E-state index contributed by atoms with van der Waals surface area (Å²) >= 11 is 6.13. The first-order valence-corrected chi connectivity index (χ1v) is 11.2. The van der Waals surface area contributed by atoms with Gasteiger partial charge in [-0.05, 0) is 55.2 Å². The number of aromatic nitrogens is 1. The van der Waals surface area contributed by atoms with Gasteiger partial charge in [0.2, 0.25) is 0 Å². The van der Waals surface area contributed by atoms with Crippen molar-refractivity contribution in [2.75, 3.05) is 29.9 Å². The van der Waals surface area contributed by atoms with Crippen LogP contribution >= 0.6 is 11.6 Å². The Bertz CT molecular complexity index is 1200. The molecule has 2 aromatic carbocycles. The van der Waals surface area contributed by atoms with Crippen LogP contribution in [0.25, 0.3) is 11.1 Å². The van der Waals surface area contributed by atoms with Crippen molar-refractivity contribution >= 4 is 28.9 Å². The lowest BCUT2D eigenvalue weighted by Gasteiger charge is -2.26. The van der Waals surface area contributed by atoms with Gasteiger partial charge in [-0.1, -0.05) is 35.9 Å². The summed E-state index contributed by atoms with van der Waals surface area (Å²) in [6, 6.07) is 16.6. The minimum Gasteiger partial charge on any atom is -0.373 e. The molecule has 1 amide bonds. The summed E-state index contributed by atoms with van der Waals surface area (Å²) in [4.78, 5) is 30.2. The molecule has 0 atom stereocenters. The van der Waals surface area contributed by atoms with Gasteiger partial charge in [-0.15, -0.1) is 0 Å². The van der Waals surface area contributed by atoms with Crippen LogP contribution in [0.15, 0.2) is 65.6 Å². The number of aromatic amines is 1. The molecule has 5 rings (SSSR count). The lowest BCUT2D eigenvalue weighted by atomic mass is 10.0. The van der Waals surface area contributed by atoms with Gasteiger partial charge < -0.3 is 19.9 Å². The Morgan fingerprint density at radius 2 is 1.91 bits per heavy atom. The molecule has 6 nitrogen and oxygen atoms in total. The van der Waals surface area contributed by atoms with Crippen LogP contribution < -0.4 is 15.8 Å². The van der Waals surface area contributed by atoms with Crippen molar-refractivity contribution in [1.29, 1.82) is 0 Å². The Labute approximate surface area is 191 Å². The molecule has 3 aromatic rings. The second kappa shape index (κ2) is 8.45. The number of H-pyrrole nitrogens is 1. The summed E-state index contributed by atoms with van der Waals surface area (Å²) in [5.74, 6) is -0.341. The third kappa shape index (κ3) is 4.29. The van der Waals surface area contributed by atoms with Crippen molar-refractivity contribution < 1.29 is 9.53 Å². The summed E-state index contributed by atoms with van der Waals surface area (Å²) in [7, 11) is 0. The molecule has 2 aliphatic rings. The highest BCUT2D eigenvalue weighted by molar-refractivity contribution is 6.33. The van der Waals surface area contributed by atoms with E-state index < -0.39 is 0 Å². The van der Waals surface area contributed by atoms with Gasteiger partial charge in [-0.3, -0.25) is 9.59 Å². The molecule has 0 bridgehead atoms. The molecular weight excluding hydrogens is 426 g/mol. The van der Waals surface area contributed by atoms with Crippen LogP contribution in [0.1, 0.15) is 29.6 Å². The molecule has 1 saturated heterocycles. The maximum absolute atomic E-state index is 12.7. The average Bonchev–Trinajstić information content (AvgIpc) is 3.61.